The summed E-state index contributed by atoms with van der Waals surface area (Å²) in [7, 11) is 1.63. The van der Waals surface area contributed by atoms with Gasteiger partial charge in [0.2, 0.25) is 5.91 Å². The third kappa shape index (κ3) is 4.22. The van der Waals surface area contributed by atoms with Crippen LogP contribution in [0.2, 0.25) is 0 Å². The SMILES string of the molecule is CN(C(=O)Cc1ccc(N2CCNCC2)cn1)C1CCC(=O)CC1=O. The van der Waals surface area contributed by atoms with E-state index in [1.165, 1.54) is 4.90 Å². The summed E-state index contributed by atoms with van der Waals surface area (Å²) in [5.41, 5.74) is 1.75. The van der Waals surface area contributed by atoms with Crippen LogP contribution in [0.4, 0.5) is 5.69 Å². The number of hydrogen-bond acceptors (Lipinski definition) is 6. The third-order valence-electron chi connectivity index (χ3n) is 4.92. The van der Waals surface area contributed by atoms with Crippen LogP contribution in [0.25, 0.3) is 0 Å². The van der Waals surface area contributed by atoms with Crippen LogP contribution in [-0.4, -0.2) is 66.6 Å². The van der Waals surface area contributed by atoms with Crippen molar-refractivity contribution < 1.29 is 14.4 Å². The quantitative estimate of drug-likeness (QED) is 0.785. The van der Waals surface area contributed by atoms with Crippen molar-refractivity contribution in [1.82, 2.24) is 15.2 Å². The van der Waals surface area contributed by atoms with Crippen LogP contribution >= 0.6 is 0 Å². The van der Waals surface area contributed by atoms with Crippen molar-refractivity contribution in [2.24, 2.45) is 0 Å². The highest BCUT2D eigenvalue weighted by atomic mass is 16.2. The number of amides is 1. The number of pyridine rings is 1. The van der Waals surface area contributed by atoms with Gasteiger partial charge in [-0.15, -0.1) is 0 Å². The van der Waals surface area contributed by atoms with Gasteiger partial charge in [-0.25, -0.2) is 0 Å². The molecule has 1 aromatic heterocycles. The van der Waals surface area contributed by atoms with Crippen LogP contribution in [0.5, 0.6) is 0 Å². The van der Waals surface area contributed by atoms with Gasteiger partial charge in [0.05, 0.1) is 30.8 Å². The highest BCUT2D eigenvalue weighted by Gasteiger charge is 2.32. The maximum atomic E-state index is 12.5. The average Bonchev–Trinajstić information content (AvgIpc) is 2.62. The van der Waals surface area contributed by atoms with E-state index in [1.807, 2.05) is 12.1 Å². The topological polar surface area (TPSA) is 82.6 Å². The zero-order chi connectivity index (χ0) is 17.8. The van der Waals surface area contributed by atoms with Crippen molar-refractivity contribution in [3.05, 3.63) is 24.0 Å². The van der Waals surface area contributed by atoms with Crippen LogP contribution < -0.4 is 10.2 Å². The molecule has 1 aliphatic heterocycles. The van der Waals surface area contributed by atoms with Crippen molar-refractivity contribution in [2.75, 3.05) is 38.1 Å². The molecule has 1 aromatic rings. The van der Waals surface area contributed by atoms with E-state index in [0.717, 1.165) is 31.9 Å². The largest absolute Gasteiger partial charge is 0.368 e. The number of rotatable bonds is 4. The lowest BCUT2D eigenvalue weighted by atomic mass is 9.92. The van der Waals surface area contributed by atoms with Gasteiger partial charge >= 0.3 is 0 Å². The molecule has 25 heavy (non-hydrogen) atoms. The summed E-state index contributed by atoms with van der Waals surface area (Å²) in [6.07, 6.45) is 2.70. The van der Waals surface area contributed by atoms with Crippen molar-refractivity contribution in [2.45, 2.75) is 31.7 Å². The Morgan fingerprint density at radius 2 is 2.08 bits per heavy atom. The first kappa shape index (κ1) is 17.5. The van der Waals surface area contributed by atoms with E-state index in [0.29, 0.717) is 18.5 Å². The molecule has 0 radical (unpaired) electrons. The van der Waals surface area contributed by atoms with Gasteiger partial charge < -0.3 is 15.1 Å². The number of aromatic nitrogens is 1. The highest BCUT2D eigenvalue weighted by Crippen LogP contribution is 2.18. The standard InChI is InChI=1S/C18H24N4O3/c1-21(16-5-4-15(23)11-17(16)24)18(25)10-13-2-3-14(12-20-13)22-8-6-19-7-9-22/h2-3,12,16,19H,4-11H2,1H3. The van der Waals surface area contributed by atoms with Gasteiger partial charge in [-0.3, -0.25) is 19.4 Å². The minimum absolute atomic E-state index is 0.0349. The van der Waals surface area contributed by atoms with Gasteiger partial charge in [-0.1, -0.05) is 0 Å². The average molecular weight is 344 g/mol. The summed E-state index contributed by atoms with van der Waals surface area (Å²) in [6, 6.07) is 3.38. The second-order valence-corrected chi connectivity index (χ2v) is 6.66. The zero-order valence-electron chi connectivity index (χ0n) is 14.5. The Morgan fingerprint density at radius 1 is 1.32 bits per heavy atom. The molecule has 1 aliphatic carbocycles. The first-order valence-corrected chi connectivity index (χ1v) is 8.75. The Morgan fingerprint density at radius 3 is 2.72 bits per heavy atom. The van der Waals surface area contributed by atoms with E-state index in [1.54, 1.807) is 13.2 Å². The third-order valence-corrected chi connectivity index (χ3v) is 4.92. The molecule has 2 heterocycles. The molecule has 1 saturated carbocycles. The second kappa shape index (κ2) is 7.74. The van der Waals surface area contributed by atoms with Gasteiger partial charge in [0.15, 0.2) is 5.78 Å². The van der Waals surface area contributed by atoms with E-state index in [9.17, 15) is 14.4 Å². The number of nitrogens with one attached hydrogen (secondary N) is 1. The number of nitrogens with zero attached hydrogens (tertiary/aromatic N) is 3. The molecule has 134 valence electrons. The van der Waals surface area contributed by atoms with Crippen LogP contribution in [0.3, 0.4) is 0 Å². The normalized spacial score (nSPS) is 21.3. The molecule has 0 bridgehead atoms. The van der Waals surface area contributed by atoms with Crippen molar-refractivity contribution >= 4 is 23.2 Å². The number of ketones is 2. The smallest absolute Gasteiger partial charge is 0.228 e. The Hall–Kier alpha value is -2.28. The first-order valence-electron chi connectivity index (χ1n) is 8.75. The second-order valence-electron chi connectivity index (χ2n) is 6.66. The molecule has 1 N–H and O–H groups in total. The molecule has 7 heteroatoms. The van der Waals surface area contributed by atoms with Gasteiger partial charge in [-0.05, 0) is 18.6 Å². The number of piperazine rings is 1. The molecule has 1 amide bonds. The summed E-state index contributed by atoms with van der Waals surface area (Å²) >= 11 is 0. The summed E-state index contributed by atoms with van der Waals surface area (Å²) in [5.74, 6) is -0.337. The van der Waals surface area contributed by atoms with Crippen LogP contribution in [0.1, 0.15) is 25.0 Å². The number of carbonyl (C=O) groups excluding carboxylic acids is 3. The zero-order valence-corrected chi connectivity index (χ0v) is 14.5. The first-order chi connectivity index (χ1) is 12.0. The fourth-order valence-electron chi connectivity index (χ4n) is 3.35. The molecule has 3 rings (SSSR count). The van der Waals surface area contributed by atoms with Crippen LogP contribution in [0, 0.1) is 0 Å². The Bertz CT molecular complexity index is 653. The molecule has 0 spiro atoms. The number of carbonyl (C=O) groups is 3. The lowest BCUT2D eigenvalue weighted by Gasteiger charge is -2.30. The number of hydrogen-bond donors (Lipinski definition) is 1. The monoisotopic (exact) mass is 344 g/mol. The van der Waals surface area contributed by atoms with Gasteiger partial charge in [0.25, 0.3) is 0 Å². The Kier molecular flexibility index (Phi) is 5.43. The Balaban J connectivity index is 1.58. The number of Topliss-reactive ketones (excluding diaryl/α,β-unsaturated/α-hetero) is 2. The van der Waals surface area contributed by atoms with Gasteiger partial charge in [-0.2, -0.15) is 0 Å². The molecule has 1 atom stereocenters. The Labute approximate surface area is 147 Å². The van der Waals surface area contributed by atoms with E-state index in [-0.39, 0.29) is 30.3 Å². The van der Waals surface area contributed by atoms with E-state index in [2.05, 4.69) is 15.2 Å². The molecule has 2 aliphatic rings. The molecule has 2 fully saturated rings. The number of likely N-dealkylation sites (N-methyl/N-ethyl adjacent to an activating group) is 1. The molecular formula is C18H24N4O3. The minimum atomic E-state index is -0.481. The summed E-state index contributed by atoms with van der Waals surface area (Å²) in [4.78, 5) is 43.9. The number of anilines is 1. The van der Waals surface area contributed by atoms with Gasteiger partial charge in [0.1, 0.15) is 5.78 Å². The lowest BCUT2D eigenvalue weighted by molar-refractivity contribution is -0.141. The predicted molar refractivity (Wildman–Crippen MR) is 93.4 cm³/mol. The molecule has 1 saturated heterocycles. The van der Waals surface area contributed by atoms with E-state index in [4.69, 9.17) is 0 Å². The van der Waals surface area contributed by atoms with E-state index < -0.39 is 6.04 Å². The summed E-state index contributed by atoms with van der Waals surface area (Å²) in [5, 5.41) is 3.31. The maximum Gasteiger partial charge on any atom is 0.228 e. The predicted octanol–water partition coefficient (Wildman–Crippen LogP) is 0.183. The van der Waals surface area contributed by atoms with Gasteiger partial charge in [0, 0.05) is 45.3 Å². The molecule has 0 aromatic carbocycles. The fourth-order valence-corrected chi connectivity index (χ4v) is 3.35. The molecular weight excluding hydrogens is 320 g/mol. The minimum Gasteiger partial charge on any atom is -0.368 e. The lowest BCUT2D eigenvalue weighted by Crippen LogP contribution is -2.46. The van der Waals surface area contributed by atoms with Crippen molar-refractivity contribution in [1.29, 1.82) is 0 Å². The van der Waals surface area contributed by atoms with E-state index >= 15 is 0 Å². The fraction of sp³-hybridized carbons (Fsp3) is 0.556. The van der Waals surface area contributed by atoms with Crippen molar-refractivity contribution in [3.63, 3.8) is 0 Å². The van der Waals surface area contributed by atoms with Crippen LogP contribution in [-0.2, 0) is 20.8 Å². The molecule has 1 unspecified atom stereocenters. The summed E-state index contributed by atoms with van der Waals surface area (Å²) in [6.45, 7) is 3.82. The van der Waals surface area contributed by atoms with Crippen molar-refractivity contribution in [3.8, 4) is 0 Å². The highest BCUT2D eigenvalue weighted by molar-refractivity contribution is 6.05. The molecule has 7 nitrogen and oxygen atoms in total. The van der Waals surface area contributed by atoms with Crippen LogP contribution in [0.15, 0.2) is 18.3 Å². The summed E-state index contributed by atoms with van der Waals surface area (Å²) < 4.78 is 0. The maximum absolute atomic E-state index is 12.5.